The van der Waals surface area contributed by atoms with Crippen LogP contribution in [0.3, 0.4) is 0 Å². The Morgan fingerprint density at radius 2 is 1.36 bits per heavy atom. The number of cyclic esters (lactones) is 1. The number of rotatable bonds is 19. The van der Waals surface area contributed by atoms with Crippen molar-refractivity contribution in [1.29, 1.82) is 0 Å². The highest BCUT2D eigenvalue weighted by Gasteiger charge is 2.15. The Hall–Kier alpha value is -0.830. The maximum atomic E-state index is 11.2. The lowest BCUT2D eigenvalue weighted by molar-refractivity contribution is -0.144. The lowest BCUT2D eigenvalue weighted by atomic mass is 10.0. The number of aliphatic hydroxyl groups is 1. The van der Waals surface area contributed by atoms with Gasteiger partial charge in [0.05, 0.1) is 6.10 Å². The number of ether oxygens (including phenoxy) is 1. The second-order valence-corrected chi connectivity index (χ2v) is 8.67. The molecule has 0 unspecified atom stereocenters. The summed E-state index contributed by atoms with van der Waals surface area (Å²) in [6, 6.07) is 0. The molecule has 164 valence electrons. The van der Waals surface area contributed by atoms with Crippen LogP contribution in [0.4, 0.5) is 0 Å². The van der Waals surface area contributed by atoms with Crippen molar-refractivity contribution in [1.82, 2.24) is 0 Å². The molecule has 0 saturated heterocycles. The smallest absolute Gasteiger partial charge is 0.330 e. The van der Waals surface area contributed by atoms with Crippen LogP contribution in [0, 0.1) is 0 Å². The van der Waals surface area contributed by atoms with E-state index in [0.717, 1.165) is 44.9 Å². The minimum atomic E-state index is -0.210. The molecule has 0 saturated carbocycles. The Labute approximate surface area is 174 Å². The molecule has 1 N–H and O–H groups in total. The summed E-state index contributed by atoms with van der Waals surface area (Å²) in [7, 11) is 0. The van der Waals surface area contributed by atoms with Crippen molar-refractivity contribution in [3.63, 3.8) is 0 Å². The van der Waals surface area contributed by atoms with Gasteiger partial charge in [-0.2, -0.15) is 0 Å². The topological polar surface area (TPSA) is 46.5 Å². The SMILES string of the molecule is CCCCCCCCCCCCCCC[C@H](O)CCCC[C@H]1CC=CC(=O)O1. The third-order valence-corrected chi connectivity index (χ3v) is 5.89. The molecule has 28 heavy (non-hydrogen) atoms. The Kier molecular flexibility index (Phi) is 16.4. The lowest BCUT2D eigenvalue weighted by Gasteiger charge is -2.18. The van der Waals surface area contributed by atoms with Crippen molar-refractivity contribution >= 4 is 5.97 Å². The molecule has 0 aromatic rings. The monoisotopic (exact) mass is 394 g/mol. The Bertz CT molecular complexity index is 391. The summed E-state index contributed by atoms with van der Waals surface area (Å²) in [4.78, 5) is 11.2. The van der Waals surface area contributed by atoms with Crippen LogP contribution in [0.15, 0.2) is 12.2 Å². The van der Waals surface area contributed by atoms with E-state index < -0.39 is 0 Å². The van der Waals surface area contributed by atoms with Gasteiger partial charge < -0.3 is 9.84 Å². The van der Waals surface area contributed by atoms with Crippen LogP contribution in [0.2, 0.25) is 0 Å². The highest BCUT2D eigenvalue weighted by molar-refractivity contribution is 5.82. The van der Waals surface area contributed by atoms with Crippen LogP contribution in [-0.4, -0.2) is 23.3 Å². The average molecular weight is 395 g/mol. The molecular weight excluding hydrogens is 348 g/mol. The molecule has 0 fully saturated rings. The van der Waals surface area contributed by atoms with Crippen LogP contribution in [0.5, 0.6) is 0 Å². The fraction of sp³-hybridized carbons (Fsp3) is 0.880. The summed E-state index contributed by atoms with van der Waals surface area (Å²) in [5, 5.41) is 10.1. The first kappa shape index (κ1) is 25.2. The highest BCUT2D eigenvalue weighted by Crippen LogP contribution is 2.17. The van der Waals surface area contributed by atoms with E-state index in [1.54, 1.807) is 0 Å². The van der Waals surface area contributed by atoms with E-state index in [1.807, 2.05) is 6.08 Å². The van der Waals surface area contributed by atoms with Gasteiger partial charge in [-0.25, -0.2) is 4.79 Å². The zero-order chi connectivity index (χ0) is 20.3. The molecule has 0 aliphatic carbocycles. The summed E-state index contributed by atoms with van der Waals surface area (Å²) in [5.74, 6) is -0.210. The summed E-state index contributed by atoms with van der Waals surface area (Å²) in [6.07, 6.45) is 26.7. The first-order valence-corrected chi connectivity index (χ1v) is 12.3. The van der Waals surface area contributed by atoms with Crippen molar-refractivity contribution in [3.8, 4) is 0 Å². The average Bonchev–Trinajstić information content (AvgIpc) is 2.69. The third kappa shape index (κ3) is 15.1. The number of aliphatic hydroxyl groups excluding tert-OH is 1. The van der Waals surface area contributed by atoms with Gasteiger partial charge in [-0.3, -0.25) is 0 Å². The maximum Gasteiger partial charge on any atom is 0.330 e. The molecule has 0 bridgehead atoms. The predicted molar refractivity (Wildman–Crippen MR) is 118 cm³/mol. The number of hydrogen-bond donors (Lipinski definition) is 1. The molecule has 3 nitrogen and oxygen atoms in total. The predicted octanol–water partition coefficient (Wildman–Crippen LogP) is 7.26. The van der Waals surface area contributed by atoms with Crippen molar-refractivity contribution in [2.45, 2.75) is 141 Å². The van der Waals surface area contributed by atoms with Gasteiger partial charge in [-0.1, -0.05) is 103 Å². The zero-order valence-electron chi connectivity index (χ0n) is 18.5. The van der Waals surface area contributed by atoms with Crippen LogP contribution in [-0.2, 0) is 9.53 Å². The quantitative estimate of drug-likeness (QED) is 0.185. The van der Waals surface area contributed by atoms with Crippen LogP contribution >= 0.6 is 0 Å². The second kappa shape index (κ2) is 18.2. The van der Waals surface area contributed by atoms with E-state index in [0.29, 0.717) is 0 Å². The van der Waals surface area contributed by atoms with Gasteiger partial charge in [0, 0.05) is 12.5 Å². The Balaban J connectivity index is 1.77. The molecule has 0 amide bonds. The van der Waals surface area contributed by atoms with Crippen LogP contribution in [0.1, 0.15) is 129 Å². The second-order valence-electron chi connectivity index (χ2n) is 8.67. The zero-order valence-corrected chi connectivity index (χ0v) is 18.5. The largest absolute Gasteiger partial charge is 0.459 e. The lowest BCUT2D eigenvalue weighted by Crippen LogP contribution is -2.19. The molecule has 0 aromatic carbocycles. The maximum absolute atomic E-state index is 11.2. The van der Waals surface area contributed by atoms with Gasteiger partial charge in [-0.05, 0) is 25.7 Å². The summed E-state index contributed by atoms with van der Waals surface area (Å²) in [6.45, 7) is 2.28. The molecule has 2 atom stereocenters. The van der Waals surface area contributed by atoms with E-state index in [-0.39, 0.29) is 18.2 Å². The van der Waals surface area contributed by atoms with Gasteiger partial charge in [0.25, 0.3) is 0 Å². The van der Waals surface area contributed by atoms with Gasteiger partial charge in [-0.15, -0.1) is 0 Å². The number of unbranched alkanes of at least 4 members (excludes halogenated alkanes) is 13. The van der Waals surface area contributed by atoms with E-state index in [2.05, 4.69) is 6.92 Å². The minimum absolute atomic E-state index is 0.0516. The highest BCUT2D eigenvalue weighted by atomic mass is 16.5. The first-order valence-electron chi connectivity index (χ1n) is 12.3. The van der Waals surface area contributed by atoms with E-state index in [1.165, 1.54) is 83.1 Å². The van der Waals surface area contributed by atoms with Crippen molar-refractivity contribution in [2.24, 2.45) is 0 Å². The summed E-state index contributed by atoms with van der Waals surface area (Å²) >= 11 is 0. The number of carbonyl (C=O) groups excluding carboxylic acids is 1. The molecular formula is C25H46O3. The Morgan fingerprint density at radius 1 is 0.857 bits per heavy atom. The molecule has 1 aliphatic heterocycles. The molecule has 0 spiro atoms. The third-order valence-electron chi connectivity index (χ3n) is 5.89. The minimum Gasteiger partial charge on any atom is -0.459 e. The summed E-state index contributed by atoms with van der Waals surface area (Å²) < 4.78 is 5.26. The molecule has 1 heterocycles. The molecule has 3 heteroatoms. The molecule has 1 aliphatic rings. The molecule has 0 aromatic heterocycles. The fourth-order valence-electron chi connectivity index (χ4n) is 4.04. The first-order chi connectivity index (χ1) is 13.7. The van der Waals surface area contributed by atoms with Crippen molar-refractivity contribution < 1.29 is 14.6 Å². The van der Waals surface area contributed by atoms with E-state index >= 15 is 0 Å². The number of hydrogen-bond acceptors (Lipinski definition) is 3. The number of carbonyl (C=O) groups is 1. The summed E-state index contributed by atoms with van der Waals surface area (Å²) in [5.41, 5.74) is 0. The van der Waals surface area contributed by atoms with Gasteiger partial charge in [0.2, 0.25) is 0 Å². The normalized spacial score (nSPS) is 17.6. The van der Waals surface area contributed by atoms with Gasteiger partial charge >= 0.3 is 5.97 Å². The number of esters is 1. The van der Waals surface area contributed by atoms with Crippen molar-refractivity contribution in [2.75, 3.05) is 0 Å². The van der Waals surface area contributed by atoms with Gasteiger partial charge in [0.15, 0.2) is 0 Å². The molecule has 0 radical (unpaired) electrons. The fourth-order valence-corrected chi connectivity index (χ4v) is 4.04. The standard InChI is InChI=1S/C25H46O3/c1-2-3-4-5-6-7-8-9-10-11-12-13-14-18-23(26)19-15-16-20-24-21-17-22-25(27)28-24/h17,22-24,26H,2-16,18-21H2,1H3/t23-,24-/m0/s1. The van der Waals surface area contributed by atoms with Crippen LogP contribution in [0.25, 0.3) is 0 Å². The van der Waals surface area contributed by atoms with Crippen LogP contribution < -0.4 is 0 Å². The van der Waals surface area contributed by atoms with Crippen molar-refractivity contribution in [3.05, 3.63) is 12.2 Å². The van der Waals surface area contributed by atoms with E-state index in [4.69, 9.17) is 4.74 Å². The van der Waals surface area contributed by atoms with E-state index in [9.17, 15) is 9.90 Å². The molecule has 1 rings (SSSR count). The van der Waals surface area contributed by atoms with Gasteiger partial charge in [0.1, 0.15) is 6.10 Å². The Morgan fingerprint density at radius 3 is 1.89 bits per heavy atom.